The first-order valence-corrected chi connectivity index (χ1v) is 7.28. The molecular formula is C16H23NO4. The van der Waals surface area contributed by atoms with Crippen LogP contribution in [0.15, 0.2) is 12.1 Å². The van der Waals surface area contributed by atoms with Gasteiger partial charge in [0, 0.05) is 6.42 Å². The quantitative estimate of drug-likeness (QED) is 0.838. The largest absolute Gasteiger partial charge is 0.493 e. The summed E-state index contributed by atoms with van der Waals surface area (Å²) in [6, 6.07) is 3.72. The third-order valence-electron chi connectivity index (χ3n) is 3.97. The third kappa shape index (κ3) is 3.13. The van der Waals surface area contributed by atoms with Gasteiger partial charge < -0.3 is 19.9 Å². The molecule has 2 rings (SSSR count). The molecule has 0 saturated heterocycles. The number of ether oxygens (including phenoxy) is 2. The lowest BCUT2D eigenvalue weighted by Crippen LogP contribution is -2.39. The van der Waals surface area contributed by atoms with E-state index in [4.69, 9.17) is 9.47 Å². The van der Waals surface area contributed by atoms with Crippen LogP contribution >= 0.6 is 0 Å². The number of amides is 1. The van der Waals surface area contributed by atoms with E-state index < -0.39 is 5.60 Å². The summed E-state index contributed by atoms with van der Waals surface area (Å²) >= 11 is 0. The summed E-state index contributed by atoms with van der Waals surface area (Å²) < 4.78 is 10.6. The SMILES string of the molecule is CCCC(=O)NCC1(O)CCc2cc(OC)c(OC)cc21. The van der Waals surface area contributed by atoms with E-state index in [-0.39, 0.29) is 12.5 Å². The third-order valence-corrected chi connectivity index (χ3v) is 3.97. The molecule has 5 heteroatoms. The fraction of sp³-hybridized carbons (Fsp3) is 0.562. The number of nitrogens with one attached hydrogen (secondary N) is 1. The van der Waals surface area contributed by atoms with Crippen LogP contribution in [0.25, 0.3) is 0 Å². The maximum absolute atomic E-state index is 11.6. The second-order valence-electron chi connectivity index (χ2n) is 5.42. The molecule has 1 aromatic rings. The molecule has 0 fully saturated rings. The number of hydrogen-bond donors (Lipinski definition) is 2. The first-order valence-electron chi connectivity index (χ1n) is 7.28. The molecule has 0 bridgehead atoms. The number of carbonyl (C=O) groups excluding carboxylic acids is 1. The molecule has 0 heterocycles. The first-order chi connectivity index (χ1) is 10.0. The lowest BCUT2D eigenvalue weighted by atomic mass is 9.95. The Labute approximate surface area is 125 Å². The molecule has 0 saturated carbocycles. The van der Waals surface area contributed by atoms with E-state index in [0.717, 1.165) is 24.0 Å². The maximum Gasteiger partial charge on any atom is 0.220 e. The fourth-order valence-electron chi connectivity index (χ4n) is 2.78. The van der Waals surface area contributed by atoms with Crippen molar-refractivity contribution in [3.05, 3.63) is 23.3 Å². The molecule has 1 aliphatic carbocycles. The van der Waals surface area contributed by atoms with Crippen LogP contribution in [-0.2, 0) is 16.8 Å². The van der Waals surface area contributed by atoms with Crippen LogP contribution in [0.3, 0.4) is 0 Å². The molecule has 21 heavy (non-hydrogen) atoms. The zero-order valence-corrected chi connectivity index (χ0v) is 12.9. The number of methoxy groups -OCH3 is 2. The Morgan fingerprint density at radius 1 is 1.33 bits per heavy atom. The molecule has 0 aliphatic heterocycles. The standard InChI is InChI=1S/C16H23NO4/c1-4-5-15(18)17-10-16(19)7-6-11-8-13(20-2)14(21-3)9-12(11)16/h8-9,19H,4-7,10H2,1-3H3,(H,17,18). The van der Waals surface area contributed by atoms with Crippen molar-refractivity contribution in [3.63, 3.8) is 0 Å². The van der Waals surface area contributed by atoms with Gasteiger partial charge in [-0.15, -0.1) is 0 Å². The van der Waals surface area contributed by atoms with Crippen LogP contribution in [-0.4, -0.2) is 31.8 Å². The summed E-state index contributed by atoms with van der Waals surface area (Å²) in [4.78, 5) is 11.6. The fourth-order valence-corrected chi connectivity index (χ4v) is 2.78. The highest BCUT2D eigenvalue weighted by Crippen LogP contribution is 2.42. The molecule has 1 aromatic carbocycles. The highest BCUT2D eigenvalue weighted by atomic mass is 16.5. The van der Waals surface area contributed by atoms with E-state index in [2.05, 4.69) is 5.32 Å². The molecule has 1 unspecified atom stereocenters. The summed E-state index contributed by atoms with van der Waals surface area (Å²) in [6.07, 6.45) is 2.63. The number of fused-ring (bicyclic) bond motifs is 1. The Morgan fingerprint density at radius 2 is 2.00 bits per heavy atom. The highest BCUT2D eigenvalue weighted by Gasteiger charge is 2.38. The van der Waals surface area contributed by atoms with Crippen LogP contribution < -0.4 is 14.8 Å². The van der Waals surface area contributed by atoms with Gasteiger partial charge in [0.2, 0.25) is 5.91 Å². The van der Waals surface area contributed by atoms with Crippen molar-refractivity contribution in [2.75, 3.05) is 20.8 Å². The monoisotopic (exact) mass is 293 g/mol. The molecule has 1 atom stereocenters. The van der Waals surface area contributed by atoms with E-state index in [1.807, 2.05) is 19.1 Å². The highest BCUT2D eigenvalue weighted by molar-refractivity contribution is 5.76. The van der Waals surface area contributed by atoms with Gasteiger partial charge in [-0.1, -0.05) is 6.92 Å². The molecule has 1 amide bonds. The zero-order valence-electron chi connectivity index (χ0n) is 12.9. The summed E-state index contributed by atoms with van der Waals surface area (Å²) in [5.41, 5.74) is 0.829. The predicted octanol–water partition coefficient (Wildman–Crippen LogP) is 1.75. The van der Waals surface area contributed by atoms with Crippen molar-refractivity contribution in [1.29, 1.82) is 0 Å². The van der Waals surface area contributed by atoms with Crippen LogP contribution in [0.4, 0.5) is 0 Å². The number of benzene rings is 1. The van der Waals surface area contributed by atoms with Gasteiger partial charge in [0.15, 0.2) is 11.5 Å². The van der Waals surface area contributed by atoms with Crippen LogP contribution in [0, 0.1) is 0 Å². The van der Waals surface area contributed by atoms with Crippen molar-refractivity contribution in [2.24, 2.45) is 0 Å². The topological polar surface area (TPSA) is 67.8 Å². The number of carbonyl (C=O) groups is 1. The summed E-state index contributed by atoms with van der Waals surface area (Å²) in [7, 11) is 3.16. The Bertz CT molecular complexity index is 529. The Balaban J connectivity index is 2.21. The molecule has 116 valence electrons. The molecule has 0 radical (unpaired) electrons. The minimum atomic E-state index is -1.03. The minimum absolute atomic E-state index is 0.0279. The summed E-state index contributed by atoms with van der Waals surface area (Å²) in [6.45, 7) is 2.19. The van der Waals surface area contributed by atoms with Crippen molar-refractivity contribution in [3.8, 4) is 11.5 Å². The minimum Gasteiger partial charge on any atom is -0.493 e. The summed E-state index contributed by atoms with van der Waals surface area (Å²) in [5, 5.41) is 13.6. The molecular weight excluding hydrogens is 270 g/mol. The van der Waals surface area contributed by atoms with E-state index in [1.165, 1.54) is 0 Å². The predicted molar refractivity (Wildman–Crippen MR) is 79.7 cm³/mol. The van der Waals surface area contributed by atoms with E-state index in [0.29, 0.717) is 24.3 Å². The average molecular weight is 293 g/mol. The number of rotatable bonds is 6. The first kappa shape index (κ1) is 15.6. The lowest BCUT2D eigenvalue weighted by Gasteiger charge is -2.25. The molecule has 1 aliphatic rings. The van der Waals surface area contributed by atoms with Gasteiger partial charge in [-0.25, -0.2) is 0 Å². The van der Waals surface area contributed by atoms with E-state index in [1.54, 1.807) is 14.2 Å². The Kier molecular flexibility index (Phi) is 4.73. The van der Waals surface area contributed by atoms with Gasteiger partial charge in [0.1, 0.15) is 5.60 Å². The number of aliphatic hydroxyl groups is 1. The zero-order chi connectivity index (χ0) is 15.5. The van der Waals surface area contributed by atoms with Crippen LogP contribution in [0.2, 0.25) is 0 Å². The smallest absolute Gasteiger partial charge is 0.220 e. The number of hydrogen-bond acceptors (Lipinski definition) is 4. The summed E-state index contributed by atoms with van der Waals surface area (Å²) in [5.74, 6) is 1.23. The Hall–Kier alpha value is -1.75. The van der Waals surface area contributed by atoms with Gasteiger partial charge in [-0.05, 0) is 42.5 Å². The second-order valence-corrected chi connectivity index (χ2v) is 5.42. The van der Waals surface area contributed by atoms with Gasteiger partial charge in [-0.2, -0.15) is 0 Å². The van der Waals surface area contributed by atoms with Crippen molar-refractivity contribution >= 4 is 5.91 Å². The van der Waals surface area contributed by atoms with Gasteiger partial charge in [-0.3, -0.25) is 4.79 Å². The normalized spacial score (nSPS) is 20.0. The average Bonchev–Trinajstić information content (AvgIpc) is 2.81. The van der Waals surface area contributed by atoms with E-state index >= 15 is 0 Å². The number of aryl methyl sites for hydroxylation is 1. The molecule has 2 N–H and O–H groups in total. The Morgan fingerprint density at radius 3 is 2.62 bits per heavy atom. The van der Waals surface area contributed by atoms with Crippen molar-refractivity contribution < 1.29 is 19.4 Å². The van der Waals surface area contributed by atoms with Gasteiger partial charge in [0.25, 0.3) is 0 Å². The van der Waals surface area contributed by atoms with E-state index in [9.17, 15) is 9.90 Å². The molecule has 5 nitrogen and oxygen atoms in total. The lowest BCUT2D eigenvalue weighted by molar-refractivity contribution is -0.122. The second kappa shape index (κ2) is 6.35. The van der Waals surface area contributed by atoms with Crippen LogP contribution in [0.1, 0.15) is 37.3 Å². The molecule has 0 spiro atoms. The van der Waals surface area contributed by atoms with Gasteiger partial charge >= 0.3 is 0 Å². The van der Waals surface area contributed by atoms with Gasteiger partial charge in [0.05, 0.1) is 20.8 Å². The maximum atomic E-state index is 11.6. The van der Waals surface area contributed by atoms with Crippen LogP contribution in [0.5, 0.6) is 11.5 Å². The van der Waals surface area contributed by atoms with Crippen molar-refractivity contribution in [1.82, 2.24) is 5.32 Å². The van der Waals surface area contributed by atoms with Crippen molar-refractivity contribution in [2.45, 2.75) is 38.2 Å². The molecule has 0 aromatic heterocycles.